The fraction of sp³-hybridized carbons (Fsp3) is 0.538. The molecule has 1 aromatic carbocycles. The minimum atomic E-state index is -0.433. The quantitative estimate of drug-likeness (QED) is 0.575. The zero-order chi connectivity index (χ0) is 13.7. The summed E-state index contributed by atoms with van der Waals surface area (Å²) in [5.41, 5.74) is 0.691. The lowest BCUT2D eigenvalue weighted by molar-refractivity contribution is -0.385. The van der Waals surface area contributed by atoms with E-state index < -0.39 is 4.92 Å². The minimum absolute atomic E-state index is 0.0366. The van der Waals surface area contributed by atoms with Gasteiger partial charge in [-0.2, -0.15) is 0 Å². The van der Waals surface area contributed by atoms with Crippen molar-refractivity contribution in [2.24, 2.45) is 5.92 Å². The summed E-state index contributed by atoms with van der Waals surface area (Å²) in [5, 5.41) is 11.2. The molecule has 0 saturated carbocycles. The molecule has 0 aromatic heterocycles. The van der Waals surface area contributed by atoms with Gasteiger partial charge in [-0.1, -0.05) is 25.4 Å². The lowest BCUT2D eigenvalue weighted by Gasteiger charge is -2.15. The van der Waals surface area contributed by atoms with Gasteiger partial charge in [0.2, 0.25) is 0 Å². The molecule has 0 aliphatic rings. The molecule has 0 amide bonds. The molecule has 1 atom stereocenters. The lowest BCUT2D eigenvalue weighted by atomic mass is 10.1. The molecule has 4 nitrogen and oxygen atoms in total. The third-order valence-corrected chi connectivity index (χ3v) is 2.94. The Balaban J connectivity index is 2.66. The van der Waals surface area contributed by atoms with Gasteiger partial charge < -0.3 is 4.74 Å². The first-order valence-electron chi connectivity index (χ1n) is 5.94. The van der Waals surface area contributed by atoms with Crippen molar-refractivity contribution in [1.82, 2.24) is 0 Å². The van der Waals surface area contributed by atoms with Gasteiger partial charge in [-0.25, -0.2) is 0 Å². The number of rotatable bonds is 6. The van der Waals surface area contributed by atoms with Crippen LogP contribution in [0.25, 0.3) is 0 Å². The number of nitro groups is 1. The smallest absolute Gasteiger partial charge is 0.269 e. The summed E-state index contributed by atoms with van der Waals surface area (Å²) in [6, 6.07) is 4.39. The molecule has 5 heteroatoms. The van der Waals surface area contributed by atoms with Crippen molar-refractivity contribution >= 4 is 17.3 Å². The van der Waals surface area contributed by atoms with Crippen molar-refractivity contribution in [3.63, 3.8) is 0 Å². The van der Waals surface area contributed by atoms with E-state index in [1.807, 2.05) is 6.92 Å². The van der Waals surface area contributed by atoms with Crippen LogP contribution >= 0.6 is 11.6 Å². The number of hydrogen-bond acceptors (Lipinski definition) is 3. The zero-order valence-electron chi connectivity index (χ0n) is 10.9. The van der Waals surface area contributed by atoms with Crippen LogP contribution in [-0.4, -0.2) is 11.0 Å². The van der Waals surface area contributed by atoms with E-state index in [0.29, 0.717) is 23.1 Å². The van der Waals surface area contributed by atoms with Crippen LogP contribution in [0.3, 0.4) is 0 Å². The van der Waals surface area contributed by atoms with Gasteiger partial charge in [-0.05, 0) is 25.3 Å². The van der Waals surface area contributed by atoms with Gasteiger partial charge >= 0.3 is 0 Å². The normalized spacial score (nSPS) is 12.7. The highest BCUT2D eigenvalue weighted by Crippen LogP contribution is 2.23. The average molecular weight is 272 g/mol. The van der Waals surface area contributed by atoms with Crippen LogP contribution in [0.15, 0.2) is 18.2 Å². The van der Waals surface area contributed by atoms with Gasteiger partial charge in [-0.3, -0.25) is 10.1 Å². The number of nitrogens with zero attached hydrogens (tertiary/aromatic N) is 1. The minimum Gasteiger partial charge on any atom is -0.374 e. The molecular weight excluding hydrogens is 254 g/mol. The lowest BCUT2D eigenvalue weighted by Crippen LogP contribution is -2.11. The van der Waals surface area contributed by atoms with Crippen molar-refractivity contribution in [3.8, 4) is 0 Å². The average Bonchev–Trinajstić information content (AvgIpc) is 2.26. The van der Waals surface area contributed by atoms with Crippen LogP contribution in [0, 0.1) is 16.0 Å². The first-order valence-corrected chi connectivity index (χ1v) is 6.32. The number of nitro benzene ring substituents is 1. The molecule has 100 valence electrons. The molecular formula is C13H18ClNO3. The van der Waals surface area contributed by atoms with Crippen LogP contribution in [0.2, 0.25) is 5.02 Å². The summed E-state index contributed by atoms with van der Waals surface area (Å²) < 4.78 is 5.65. The summed E-state index contributed by atoms with van der Waals surface area (Å²) in [6.45, 7) is 6.54. The molecule has 0 bridgehead atoms. The fourth-order valence-electron chi connectivity index (χ4n) is 1.75. The summed E-state index contributed by atoms with van der Waals surface area (Å²) >= 11 is 5.99. The number of ether oxygens (including phenoxy) is 1. The number of non-ortho nitro benzene ring substituents is 1. The van der Waals surface area contributed by atoms with E-state index in [0.717, 1.165) is 6.42 Å². The van der Waals surface area contributed by atoms with Gasteiger partial charge in [0, 0.05) is 22.7 Å². The van der Waals surface area contributed by atoms with Crippen LogP contribution < -0.4 is 0 Å². The van der Waals surface area contributed by atoms with Crippen LogP contribution in [0.4, 0.5) is 5.69 Å². The molecule has 0 heterocycles. The third-order valence-electron chi connectivity index (χ3n) is 2.57. The number of halogens is 1. The van der Waals surface area contributed by atoms with Gasteiger partial charge in [0.1, 0.15) is 0 Å². The number of benzene rings is 1. The van der Waals surface area contributed by atoms with E-state index in [-0.39, 0.29) is 11.8 Å². The summed E-state index contributed by atoms with van der Waals surface area (Å²) in [6.07, 6.45) is 1.06. The SMILES string of the molecule is CC(C)CC(C)OCc1cc([N+](=O)[O-])ccc1Cl. The molecule has 0 aliphatic heterocycles. The maximum Gasteiger partial charge on any atom is 0.269 e. The maximum atomic E-state index is 10.7. The Morgan fingerprint density at radius 3 is 2.61 bits per heavy atom. The van der Waals surface area contributed by atoms with Crippen molar-refractivity contribution in [3.05, 3.63) is 38.9 Å². The Kier molecular flexibility index (Phi) is 5.56. The molecule has 0 fully saturated rings. The van der Waals surface area contributed by atoms with E-state index >= 15 is 0 Å². The second-order valence-corrected chi connectivity index (χ2v) is 5.19. The topological polar surface area (TPSA) is 52.4 Å². The van der Waals surface area contributed by atoms with Gasteiger partial charge in [0.25, 0.3) is 5.69 Å². The molecule has 0 N–H and O–H groups in total. The predicted octanol–water partition coefficient (Wildman–Crippen LogP) is 4.20. The predicted molar refractivity (Wildman–Crippen MR) is 71.8 cm³/mol. The second kappa shape index (κ2) is 6.71. The Morgan fingerprint density at radius 1 is 1.39 bits per heavy atom. The standard InChI is InChI=1S/C13H18ClNO3/c1-9(2)6-10(3)18-8-11-7-12(15(16)17)4-5-13(11)14/h4-5,7,9-10H,6,8H2,1-3H3. The maximum absolute atomic E-state index is 10.7. The van der Waals surface area contributed by atoms with Gasteiger partial charge in [0.15, 0.2) is 0 Å². The molecule has 0 aliphatic carbocycles. The highest BCUT2D eigenvalue weighted by atomic mass is 35.5. The highest BCUT2D eigenvalue weighted by molar-refractivity contribution is 6.31. The van der Waals surface area contributed by atoms with Crippen LogP contribution in [0.5, 0.6) is 0 Å². The van der Waals surface area contributed by atoms with Gasteiger partial charge in [-0.15, -0.1) is 0 Å². The summed E-state index contributed by atoms with van der Waals surface area (Å²) in [4.78, 5) is 10.2. The first kappa shape index (κ1) is 14.9. The second-order valence-electron chi connectivity index (χ2n) is 4.78. The van der Waals surface area contributed by atoms with Crippen LogP contribution in [-0.2, 0) is 11.3 Å². The Hall–Kier alpha value is -1.13. The van der Waals surface area contributed by atoms with Crippen LogP contribution in [0.1, 0.15) is 32.8 Å². The molecule has 1 unspecified atom stereocenters. The van der Waals surface area contributed by atoms with Gasteiger partial charge in [0.05, 0.1) is 17.6 Å². The van der Waals surface area contributed by atoms with E-state index in [4.69, 9.17) is 16.3 Å². The van der Waals surface area contributed by atoms with Crippen molar-refractivity contribution in [1.29, 1.82) is 0 Å². The largest absolute Gasteiger partial charge is 0.374 e. The molecule has 1 rings (SSSR count). The van der Waals surface area contributed by atoms with E-state index in [1.165, 1.54) is 18.2 Å². The number of hydrogen-bond donors (Lipinski definition) is 0. The van der Waals surface area contributed by atoms with Crippen molar-refractivity contribution in [2.45, 2.75) is 39.9 Å². The molecule has 0 radical (unpaired) electrons. The van der Waals surface area contributed by atoms with E-state index in [2.05, 4.69) is 13.8 Å². The molecule has 0 saturated heterocycles. The van der Waals surface area contributed by atoms with E-state index in [9.17, 15) is 10.1 Å². The zero-order valence-corrected chi connectivity index (χ0v) is 11.6. The summed E-state index contributed by atoms with van der Waals surface area (Å²) in [5.74, 6) is 0.556. The fourth-order valence-corrected chi connectivity index (χ4v) is 1.92. The Labute approximate surface area is 112 Å². The Bertz CT molecular complexity index is 421. The molecule has 1 aromatic rings. The molecule has 18 heavy (non-hydrogen) atoms. The first-order chi connectivity index (χ1) is 8.40. The summed E-state index contributed by atoms with van der Waals surface area (Å²) in [7, 11) is 0. The Morgan fingerprint density at radius 2 is 2.06 bits per heavy atom. The third kappa shape index (κ3) is 4.63. The highest BCUT2D eigenvalue weighted by Gasteiger charge is 2.11. The monoisotopic (exact) mass is 271 g/mol. The molecule has 0 spiro atoms. The van der Waals surface area contributed by atoms with Crippen molar-refractivity contribution in [2.75, 3.05) is 0 Å². The van der Waals surface area contributed by atoms with E-state index in [1.54, 1.807) is 0 Å². The van der Waals surface area contributed by atoms with Crippen molar-refractivity contribution < 1.29 is 9.66 Å².